The molecule has 6 N–H and O–H groups in total. The summed E-state index contributed by atoms with van der Waals surface area (Å²) in [6.07, 6.45) is 12.6. The number of phenols is 1. The van der Waals surface area contributed by atoms with Gasteiger partial charge in [0, 0.05) is 57.2 Å². The lowest BCUT2D eigenvalue weighted by molar-refractivity contribution is -0.137. The van der Waals surface area contributed by atoms with E-state index >= 15 is 0 Å². The average molecular weight is 766 g/mol. The zero-order valence-corrected chi connectivity index (χ0v) is 29.5. The van der Waals surface area contributed by atoms with Crippen molar-refractivity contribution in [1.29, 1.82) is 0 Å². The van der Waals surface area contributed by atoms with Gasteiger partial charge in [-0.3, -0.25) is 14.6 Å². The van der Waals surface area contributed by atoms with Gasteiger partial charge in [-0.15, -0.1) is 0 Å². The monoisotopic (exact) mass is 763 g/mol. The number of pyridine rings is 1. The van der Waals surface area contributed by atoms with Crippen LogP contribution in [0.1, 0.15) is 63.4 Å². The van der Waals surface area contributed by atoms with Crippen molar-refractivity contribution in [3.05, 3.63) is 51.2 Å². The second-order valence-electron chi connectivity index (χ2n) is 12.2. The molecule has 11 nitrogen and oxygen atoms in total. The number of nitrogens with zero attached hydrogens (tertiary/aromatic N) is 3. The topological polar surface area (TPSA) is 153 Å². The molecule has 1 saturated carbocycles. The Morgan fingerprint density at radius 3 is 2.28 bits per heavy atom. The first kappa shape index (κ1) is 35.9. The zero-order valence-electron chi connectivity index (χ0n) is 26.4. The van der Waals surface area contributed by atoms with Crippen molar-refractivity contribution in [2.45, 2.75) is 76.3 Å². The van der Waals surface area contributed by atoms with Gasteiger partial charge in [0.2, 0.25) is 11.8 Å². The number of hydrogen-bond donors (Lipinski definition) is 5. The van der Waals surface area contributed by atoms with E-state index in [0.29, 0.717) is 67.0 Å². The Balaban J connectivity index is 1.43. The molecule has 4 rings (SSSR count). The summed E-state index contributed by atoms with van der Waals surface area (Å²) in [6, 6.07) is 5.22. The first-order chi connectivity index (χ1) is 22.2. The SMILES string of the molecule is NCCCC[C@H](NC(=O)[C@@H](Cc1cc(Br)c(O)c(Br)c1)NC(=O)NCCC1CCCCC1)C(=O)N1CCN(c2ccncc2)CC1. The smallest absolute Gasteiger partial charge is 0.315 e. The summed E-state index contributed by atoms with van der Waals surface area (Å²) >= 11 is 6.71. The Labute approximate surface area is 288 Å². The number of nitrogens with two attached hydrogens (primary N) is 1. The number of anilines is 1. The Hall–Kier alpha value is -2.90. The van der Waals surface area contributed by atoms with Crippen LogP contribution in [0.5, 0.6) is 5.75 Å². The number of piperazine rings is 1. The van der Waals surface area contributed by atoms with Crippen LogP contribution >= 0.6 is 31.9 Å². The molecule has 1 aliphatic carbocycles. The van der Waals surface area contributed by atoms with Crippen LogP contribution in [0.3, 0.4) is 0 Å². The standard InChI is InChI=1S/C33H47Br2N7O4/c34-26-20-24(21-27(35)30(26)43)22-29(40-33(46)38-15-9-23-6-2-1-3-7-23)31(44)39-28(8-4-5-12-36)32(45)42-18-16-41(17-19-42)25-10-13-37-14-11-25/h10-11,13-14,20-21,23,28-29,43H,1-9,12,15-19,22,36H2,(H,39,44)(H2,38,40,46)/t28-,29+/m0/s1. The highest BCUT2D eigenvalue weighted by Crippen LogP contribution is 2.33. The van der Waals surface area contributed by atoms with Crippen LogP contribution in [-0.2, 0) is 16.0 Å². The van der Waals surface area contributed by atoms with E-state index in [1.807, 2.05) is 12.1 Å². The third kappa shape index (κ3) is 10.8. The van der Waals surface area contributed by atoms with Gasteiger partial charge in [0.05, 0.1) is 8.95 Å². The van der Waals surface area contributed by atoms with Gasteiger partial charge in [-0.25, -0.2) is 4.79 Å². The number of aromatic hydroxyl groups is 1. The maximum Gasteiger partial charge on any atom is 0.315 e. The molecule has 4 amide bonds. The molecular formula is C33H47Br2N7O4. The first-order valence-electron chi connectivity index (χ1n) is 16.4. The van der Waals surface area contributed by atoms with Crippen molar-refractivity contribution < 1.29 is 19.5 Å². The minimum Gasteiger partial charge on any atom is -0.506 e. The number of carbonyl (C=O) groups excluding carboxylic acids is 3. The van der Waals surface area contributed by atoms with Gasteiger partial charge in [-0.1, -0.05) is 32.1 Å². The van der Waals surface area contributed by atoms with Crippen molar-refractivity contribution in [3.63, 3.8) is 0 Å². The fourth-order valence-electron chi connectivity index (χ4n) is 6.24. The van der Waals surface area contributed by atoms with Crippen LogP contribution < -0.4 is 26.6 Å². The lowest BCUT2D eigenvalue weighted by Gasteiger charge is -2.37. The van der Waals surface area contributed by atoms with Crippen molar-refractivity contribution in [2.75, 3.05) is 44.2 Å². The molecule has 2 heterocycles. The molecule has 0 spiro atoms. The maximum absolute atomic E-state index is 13.9. The normalized spacial score (nSPS) is 16.8. The molecule has 1 aromatic heterocycles. The van der Waals surface area contributed by atoms with Crippen molar-refractivity contribution in [3.8, 4) is 5.75 Å². The molecule has 46 heavy (non-hydrogen) atoms. The number of unbranched alkanes of at least 4 members (excludes halogenated alkanes) is 1. The summed E-state index contributed by atoms with van der Waals surface area (Å²) in [5.41, 5.74) is 7.53. The minimum atomic E-state index is -0.952. The van der Waals surface area contributed by atoms with E-state index in [1.165, 1.54) is 32.1 Å². The number of rotatable bonds is 14. The quantitative estimate of drug-likeness (QED) is 0.178. The summed E-state index contributed by atoms with van der Waals surface area (Å²) in [7, 11) is 0. The van der Waals surface area contributed by atoms with E-state index < -0.39 is 24.0 Å². The Morgan fingerprint density at radius 1 is 0.957 bits per heavy atom. The maximum atomic E-state index is 13.9. The molecule has 0 radical (unpaired) electrons. The van der Waals surface area contributed by atoms with Gasteiger partial charge in [0.15, 0.2) is 0 Å². The van der Waals surface area contributed by atoms with E-state index in [-0.39, 0.29) is 18.1 Å². The summed E-state index contributed by atoms with van der Waals surface area (Å²) < 4.78 is 0.933. The molecular weight excluding hydrogens is 718 g/mol. The van der Waals surface area contributed by atoms with Gasteiger partial charge in [-0.2, -0.15) is 0 Å². The number of hydrogen-bond acceptors (Lipinski definition) is 7. The zero-order chi connectivity index (χ0) is 32.9. The van der Waals surface area contributed by atoms with Crippen molar-refractivity contribution in [2.24, 2.45) is 11.7 Å². The van der Waals surface area contributed by atoms with Crippen molar-refractivity contribution in [1.82, 2.24) is 25.8 Å². The number of carbonyl (C=O) groups is 3. The number of nitrogens with one attached hydrogen (secondary N) is 3. The highest BCUT2D eigenvalue weighted by atomic mass is 79.9. The molecule has 2 aliphatic rings. The largest absolute Gasteiger partial charge is 0.506 e. The summed E-state index contributed by atoms with van der Waals surface area (Å²) in [6.45, 7) is 3.45. The van der Waals surface area contributed by atoms with E-state index in [0.717, 1.165) is 24.1 Å². The average Bonchev–Trinajstić information content (AvgIpc) is 3.07. The minimum absolute atomic E-state index is 0.0489. The molecule has 1 aliphatic heterocycles. The Bertz CT molecular complexity index is 1270. The number of benzene rings is 1. The fourth-order valence-corrected chi connectivity index (χ4v) is 7.52. The van der Waals surface area contributed by atoms with Crippen LogP contribution in [0.25, 0.3) is 0 Å². The van der Waals surface area contributed by atoms with E-state index in [4.69, 9.17) is 5.73 Å². The van der Waals surface area contributed by atoms with Crippen LogP contribution in [0.4, 0.5) is 10.5 Å². The Morgan fingerprint density at radius 2 is 1.63 bits per heavy atom. The van der Waals surface area contributed by atoms with Gasteiger partial charge in [0.1, 0.15) is 17.8 Å². The number of amides is 4. The number of halogens is 2. The molecule has 0 unspecified atom stereocenters. The molecule has 2 fully saturated rings. The fraction of sp³-hybridized carbons (Fsp3) is 0.576. The highest BCUT2D eigenvalue weighted by molar-refractivity contribution is 9.11. The second kappa shape index (κ2) is 18.4. The summed E-state index contributed by atoms with van der Waals surface area (Å²) in [4.78, 5) is 48.8. The lowest BCUT2D eigenvalue weighted by atomic mass is 9.87. The number of aromatic nitrogens is 1. The van der Waals surface area contributed by atoms with Crippen LogP contribution in [0.15, 0.2) is 45.6 Å². The molecule has 13 heteroatoms. The van der Waals surface area contributed by atoms with Crippen LogP contribution in [0, 0.1) is 5.92 Å². The van der Waals surface area contributed by atoms with Gasteiger partial charge >= 0.3 is 6.03 Å². The van der Waals surface area contributed by atoms with E-state index in [2.05, 4.69) is 57.7 Å². The molecule has 252 valence electrons. The first-order valence-corrected chi connectivity index (χ1v) is 18.0. The Kier molecular flexibility index (Phi) is 14.4. The van der Waals surface area contributed by atoms with E-state index in [1.54, 1.807) is 29.4 Å². The molecule has 1 aromatic carbocycles. The third-order valence-corrected chi connectivity index (χ3v) is 10.1. The lowest BCUT2D eigenvalue weighted by Crippen LogP contribution is -2.58. The molecule has 1 saturated heterocycles. The molecule has 2 aromatic rings. The predicted octanol–water partition coefficient (Wildman–Crippen LogP) is 4.46. The van der Waals surface area contributed by atoms with Crippen molar-refractivity contribution >= 4 is 55.4 Å². The molecule has 0 bridgehead atoms. The third-order valence-electron chi connectivity index (χ3n) is 8.88. The van der Waals surface area contributed by atoms with Crippen LogP contribution in [0.2, 0.25) is 0 Å². The van der Waals surface area contributed by atoms with Crippen LogP contribution in [-0.4, -0.2) is 84.2 Å². The number of urea groups is 1. The second-order valence-corrected chi connectivity index (χ2v) is 13.9. The van der Waals surface area contributed by atoms with Gasteiger partial charge in [-0.05, 0) is 99.8 Å². The predicted molar refractivity (Wildman–Crippen MR) is 187 cm³/mol. The highest BCUT2D eigenvalue weighted by Gasteiger charge is 2.31. The van der Waals surface area contributed by atoms with Gasteiger partial charge < -0.3 is 36.6 Å². The summed E-state index contributed by atoms with van der Waals surface area (Å²) in [5.74, 6) is 0.0919. The summed E-state index contributed by atoms with van der Waals surface area (Å²) in [5, 5.41) is 19.0. The van der Waals surface area contributed by atoms with E-state index in [9.17, 15) is 19.5 Å². The number of phenolic OH excluding ortho intramolecular Hbond substituents is 1. The molecule has 2 atom stereocenters. The van der Waals surface area contributed by atoms with Gasteiger partial charge in [0.25, 0.3) is 0 Å².